The molecule has 1 fully saturated rings. The lowest BCUT2D eigenvalue weighted by molar-refractivity contribution is -0.142. The molecule has 21 heavy (non-hydrogen) atoms. The fourth-order valence-corrected chi connectivity index (χ4v) is 2.70. The van der Waals surface area contributed by atoms with Crippen LogP contribution in [0.2, 0.25) is 0 Å². The fraction of sp³-hybridized carbons (Fsp3) is 0.400. The first-order chi connectivity index (χ1) is 9.97. The number of nitrogens with zero attached hydrogens (tertiary/aromatic N) is 3. The Morgan fingerprint density at radius 1 is 1.43 bits per heavy atom. The van der Waals surface area contributed by atoms with E-state index >= 15 is 0 Å². The summed E-state index contributed by atoms with van der Waals surface area (Å²) in [5.41, 5.74) is 0.936. The predicted octanol–water partition coefficient (Wildman–Crippen LogP) is 1.91. The number of carbonyl (C=O) groups excluding carboxylic acids is 1. The summed E-state index contributed by atoms with van der Waals surface area (Å²) in [4.78, 5) is 26.6. The van der Waals surface area contributed by atoms with Gasteiger partial charge in [0.1, 0.15) is 6.07 Å². The van der Waals surface area contributed by atoms with E-state index in [0.29, 0.717) is 24.2 Å². The average Bonchev–Trinajstić information content (AvgIpc) is 2.87. The Bertz CT molecular complexity index is 608. The van der Waals surface area contributed by atoms with Crippen molar-refractivity contribution in [1.82, 2.24) is 4.90 Å². The molecule has 1 N–H and O–H groups in total. The number of nitriles is 1. The van der Waals surface area contributed by atoms with Crippen molar-refractivity contribution in [3.63, 3.8) is 0 Å². The van der Waals surface area contributed by atoms with Crippen molar-refractivity contribution >= 4 is 17.7 Å². The van der Waals surface area contributed by atoms with Crippen LogP contribution in [0.5, 0.6) is 0 Å². The molecule has 1 aliphatic heterocycles. The number of hydrogen-bond acceptors (Lipinski definition) is 3. The van der Waals surface area contributed by atoms with Gasteiger partial charge in [-0.3, -0.25) is 9.69 Å². The number of para-hydroxylation sites is 1. The number of anilines is 1. The molecule has 2 atom stereocenters. The SMILES string of the molecule is CC1C(C(=O)O)CCN1C(=O)N(C)c1ccccc1C#N. The van der Waals surface area contributed by atoms with Gasteiger partial charge < -0.3 is 10.0 Å². The lowest BCUT2D eigenvalue weighted by Crippen LogP contribution is -2.45. The number of likely N-dealkylation sites (tertiary alicyclic amines) is 1. The van der Waals surface area contributed by atoms with E-state index in [1.165, 1.54) is 4.90 Å². The summed E-state index contributed by atoms with van der Waals surface area (Å²) in [5.74, 6) is -1.41. The van der Waals surface area contributed by atoms with Crippen LogP contribution in [0.1, 0.15) is 18.9 Å². The number of carbonyl (C=O) groups is 2. The van der Waals surface area contributed by atoms with E-state index in [-0.39, 0.29) is 12.1 Å². The Hall–Kier alpha value is -2.55. The van der Waals surface area contributed by atoms with E-state index in [9.17, 15) is 9.59 Å². The Balaban J connectivity index is 2.21. The van der Waals surface area contributed by atoms with Gasteiger partial charge in [0.05, 0.1) is 17.2 Å². The maximum absolute atomic E-state index is 12.5. The zero-order valence-corrected chi connectivity index (χ0v) is 12.0. The summed E-state index contributed by atoms with van der Waals surface area (Å²) < 4.78 is 0. The van der Waals surface area contributed by atoms with Crippen molar-refractivity contribution < 1.29 is 14.7 Å². The van der Waals surface area contributed by atoms with Gasteiger partial charge in [-0.15, -0.1) is 0 Å². The van der Waals surface area contributed by atoms with Crippen molar-refractivity contribution in [2.24, 2.45) is 5.92 Å². The van der Waals surface area contributed by atoms with Gasteiger partial charge in [0.2, 0.25) is 0 Å². The van der Waals surface area contributed by atoms with Gasteiger partial charge in [-0.05, 0) is 25.5 Å². The molecule has 0 aromatic heterocycles. The second-order valence-electron chi connectivity index (χ2n) is 5.14. The van der Waals surface area contributed by atoms with Crippen molar-refractivity contribution in [2.45, 2.75) is 19.4 Å². The topological polar surface area (TPSA) is 84.6 Å². The second kappa shape index (κ2) is 5.83. The first-order valence-corrected chi connectivity index (χ1v) is 6.73. The number of hydrogen-bond donors (Lipinski definition) is 1. The highest BCUT2D eigenvalue weighted by Crippen LogP contribution is 2.27. The molecular weight excluding hydrogens is 270 g/mol. The molecule has 1 aromatic carbocycles. The Labute approximate surface area is 123 Å². The predicted molar refractivity (Wildman–Crippen MR) is 76.9 cm³/mol. The third-order valence-electron chi connectivity index (χ3n) is 3.99. The van der Waals surface area contributed by atoms with Gasteiger partial charge in [-0.1, -0.05) is 12.1 Å². The molecule has 6 heteroatoms. The number of carboxylic acids is 1. The number of benzene rings is 1. The van der Waals surface area contributed by atoms with Gasteiger partial charge in [-0.25, -0.2) is 4.79 Å². The van der Waals surface area contributed by atoms with Crippen LogP contribution in [-0.2, 0) is 4.79 Å². The van der Waals surface area contributed by atoms with Gasteiger partial charge in [0, 0.05) is 19.6 Å². The lowest BCUT2D eigenvalue weighted by Gasteiger charge is -2.29. The maximum Gasteiger partial charge on any atom is 0.324 e. The maximum atomic E-state index is 12.5. The van der Waals surface area contributed by atoms with Gasteiger partial charge in [0.15, 0.2) is 0 Å². The average molecular weight is 287 g/mol. The Morgan fingerprint density at radius 2 is 2.10 bits per heavy atom. The van der Waals surface area contributed by atoms with Gasteiger partial charge in [0.25, 0.3) is 0 Å². The van der Waals surface area contributed by atoms with E-state index in [1.807, 2.05) is 0 Å². The van der Waals surface area contributed by atoms with E-state index in [0.717, 1.165) is 0 Å². The highest BCUT2D eigenvalue weighted by Gasteiger charge is 2.39. The molecule has 0 bridgehead atoms. The molecule has 1 saturated heterocycles. The monoisotopic (exact) mass is 287 g/mol. The molecule has 1 heterocycles. The number of amides is 2. The molecule has 0 saturated carbocycles. The first-order valence-electron chi connectivity index (χ1n) is 6.73. The number of carboxylic acid groups (broad SMARTS) is 1. The van der Waals surface area contributed by atoms with Gasteiger partial charge >= 0.3 is 12.0 Å². The van der Waals surface area contributed by atoms with Crippen molar-refractivity contribution in [3.05, 3.63) is 29.8 Å². The minimum absolute atomic E-state index is 0.283. The highest BCUT2D eigenvalue weighted by molar-refractivity contribution is 5.93. The minimum atomic E-state index is -0.877. The van der Waals surface area contributed by atoms with Crippen LogP contribution in [0.4, 0.5) is 10.5 Å². The van der Waals surface area contributed by atoms with Gasteiger partial charge in [-0.2, -0.15) is 5.26 Å². The Kier molecular flexibility index (Phi) is 4.13. The summed E-state index contributed by atoms with van der Waals surface area (Å²) in [6, 6.07) is 8.25. The lowest BCUT2D eigenvalue weighted by atomic mass is 10.0. The molecule has 6 nitrogen and oxygen atoms in total. The molecular formula is C15H17N3O3. The van der Waals surface area contributed by atoms with Crippen LogP contribution in [0.15, 0.2) is 24.3 Å². The van der Waals surface area contributed by atoms with E-state index in [1.54, 1.807) is 43.1 Å². The zero-order valence-electron chi connectivity index (χ0n) is 12.0. The largest absolute Gasteiger partial charge is 0.481 e. The van der Waals surface area contributed by atoms with E-state index in [4.69, 9.17) is 10.4 Å². The standard InChI is InChI=1S/C15H17N3O3/c1-10-12(14(19)20)7-8-18(10)15(21)17(2)13-6-4-3-5-11(13)9-16/h3-6,10,12H,7-8H2,1-2H3,(H,19,20). The molecule has 1 aliphatic rings. The van der Waals surface area contributed by atoms with Crippen LogP contribution in [0, 0.1) is 17.2 Å². The Morgan fingerprint density at radius 3 is 2.67 bits per heavy atom. The van der Waals surface area contributed by atoms with Crippen molar-refractivity contribution in [2.75, 3.05) is 18.5 Å². The highest BCUT2D eigenvalue weighted by atomic mass is 16.4. The summed E-state index contributed by atoms with van der Waals surface area (Å²) >= 11 is 0. The van der Waals surface area contributed by atoms with Crippen LogP contribution >= 0.6 is 0 Å². The molecule has 2 amide bonds. The third kappa shape index (κ3) is 2.68. The third-order valence-corrected chi connectivity index (χ3v) is 3.99. The normalized spacial score (nSPS) is 20.9. The number of urea groups is 1. The van der Waals surface area contributed by atoms with Crippen LogP contribution in [0.25, 0.3) is 0 Å². The molecule has 2 rings (SSSR count). The van der Waals surface area contributed by atoms with E-state index < -0.39 is 11.9 Å². The first kappa shape index (κ1) is 14.9. The van der Waals surface area contributed by atoms with Crippen LogP contribution in [0.3, 0.4) is 0 Å². The molecule has 1 aromatic rings. The quantitative estimate of drug-likeness (QED) is 0.900. The van der Waals surface area contributed by atoms with Crippen LogP contribution < -0.4 is 4.90 Å². The summed E-state index contributed by atoms with van der Waals surface area (Å²) in [6.07, 6.45) is 0.454. The van der Waals surface area contributed by atoms with E-state index in [2.05, 4.69) is 6.07 Å². The summed E-state index contributed by atoms with van der Waals surface area (Å²) in [7, 11) is 1.60. The fourth-order valence-electron chi connectivity index (χ4n) is 2.70. The molecule has 2 unspecified atom stereocenters. The molecule has 0 aliphatic carbocycles. The zero-order chi connectivity index (χ0) is 15.6. The van der Waals surface area contributed by atoms with Crippen molar-refractivity contribution in [3.8, 4) is 6.07 Å². The minimum Gasteiger partial charge on any atom is -0.481 e. The van der Waals surface area contributed by atoms with Crippen molar-refractivity contribution in [1.29, 1.82) is 5.26 Å². The summed E-state index contributed by atoms with van der Waals surface area (Å²) in [5, 5.41) is 18.2. The number of aliphatic carboxylic acids is 1. The summed E-state index contributed by atoms with van der Waals surface area (Å²) in [6.45, 7) is 2.16. The molecule has 0 spiro atoms. The smallest absolute Gasteiger partial charge is 0.324 e. The van der Waals surface area contributed by atoms with Crippen LogP contribution in [-0.4, -0.2) is 41.6 Å². The second-order valence-corrected chi connectivity index (χ2v) is 5.14. The number of rotatable bonds is 2. The molecule has 0 radical (unpaired) electrons. The molecule has 110 valence electrons.